The van der Waals surface area contributed by atoms with Gasteiger partial charge in [0.25, 0.3) is 5.89 Å². The topological polar surface area (TPSA) is 72.0 Å². The Kier molecular flexibility index (Phi) is 3.64. The molecule has 1 N–H and O–H groups in total. The lowest BCUT2D eigenvalue weighted by molar-refractivity contribution is 0.423. The second kappa shape index (κ2) is 5.58. The molecule has 3 rings (SSSR count). The Balaban J connectivity index is 1.84. The van der Waals surface area contributed by atoms with E-state index >= 15 is 0 Å². The standard InChI is InChI=1S/C14H10IN3O2/c15-11-2-1-10(8-12(11)19)14-17-13(18-20-14)7-9-3-5-16-6-4-9/h1-6,8,19H,7H2. The zero-order chi connectivity index (χ0) is 13.9. The Morgan fingerprint density at radius 2 is 1.95 bits per heavy atom. The molecule has 0 bridgehead atoms. The van der Waals surface area contributed by atoms with Crippen LogP contribution in [0.1, 0.15) is 11.4 Å². The number of pyridine rings is 1. The maximum Gasteiger partial charge on any atom is 0.258 e. The minimum absolute atomic E-state index is 0.206. The van der Waals surface area contributed by atoms with Crippen molar-refractivity contribution in [2.45, 2.75) is 6.42 Å². The van der Waals surface area contributed by atoms with Crippen LogP contribution in [0.15, 0.2) is 47.2 Å². The van der Waals surface area contributed by atoms with Crippen molar-refractivity contribution in [3.05, 3.63) is 57.7 Å². The number of phenols is 1. The zero-order valence-corrected chi connectivity index (χ0v) is 12.5. The van der Waals surface area contributed by atoms with E-state index < -0.39 is 0 Å². The third kappa shape index (κ3) is 2.79. The summed E-state index contributed by atoms with van der Waals surface area (Å²) in [5.74, 6) is 1.21. The van der Waals surface area contributed by atoms with E-state index in [1.165, 1.54) is 0 Å². The van der Waals surface area contributed by atoms with E-state index in [0.29, 0.717) is 23.7 Å². The zero-order valence-electron chi connectivity index (χ0n) is 10.3. The van der Waals surface area contributed by atoms with E-state index in [0.717, 1.165) is 9.13 Å². The largest absolute Gasteiger partial charge is 0.507 e. The van der Waals surface area contributed by atoms with Gasteiger partial charge in [-0.1, -0.05) is 5.16 Å². The van der Waals surface area contributed by atoms with Crippen LogP contribution in [0, 0.1) is 3.57 Å². The second-order valence-electron chi connectivity index (χ2n) is 4.21. The normalized spacial score (nSPS) is 10.7. The fourth-order valence-corrected chi connectivity index (χ4v) is 2.11. The molecule has 0 fully saturated rings. The third-order valence-electron chi connectivity index (χ3n) is 2.77. The summed E-state index contributed by atoms with van der Waals surface area (Å²) in [6.45, 7) is 0. The highest BCUT2D eigenvalue weighted by Crippen LogP contribution is 2.26. The Labute approximate surface area is 128 Å². The van der Waals surface area contributed by atoms with Crippen molar-refractivity contribution in [3.8, 4) is 17.2 Å². The molecule has 1 aromatic carbocycles. The summed E-state index contributed by atoms with van der Waals surface area (Å²) in [6.07, 6.45) is 4.05. The molecule has 0 atom stereocenters. The fraction of sp³-hybridized carbons (Fsp3) is 0.0714. The smallest absolute Gasteiger partial charge is 0.258 e. The van der Waals surface area contributed by atoms with Crippen molar-refractivity contribution in [2.24, 2.45) is 0 Å². The number of hydrogen-bond donors (Lipinski definition) is 1. The van der Waals surface area contributed by atoms with Crippen molar-refractivity contribution in [2.75, 3.05) is 0 Å². The molecule has 2 aromatic heterocycles. The summed E-state index contributed by atoms with van der Waals surface area (Å²) in [4.78, 5) is 8.30. The van der Waals surface area contributed by atoms with E-state index in [4.69, 9.17) is 4.52 Å². The van der Waals surface area contributed by atoms with E-state index in [1.54, 1.807) is 24.5 Å². The molecule has 3 aromatic rings. The lowest BCUT2D eigenvalue weighted by Gasteiger charge is -1.98. The van der Waals surface area contributed by atoms with Crippen LogP contribution < -0.4 is 0 Å². The molecule has 0 aliphatic rings. The fourth-order valence-electron chi connectivity index (χ4n) is 1.77. The molecular weight excluding hydrogens is 369 g/mol. The second-order valence-corrected chi connectivity index (χ2v) is 5.38. The van der Waals surface area contributed by atoms with Gasteiger partial charge in [-0.2, -0.15) is 4.98 Å². The molecule has 0 saturated heterocycles. The molecule has 2 heterocycles. The summed E-state index contributed by atoms with van der Waals surface area (Å²) < 4.78 is 6.01. The highest BCUT2D eigenvalue weighted by molar-refractivity contribution is 14.1. The van der Waals surface area contributed by atoms with Crippen LogP contribution in [0.3, 0.4) is 0 Å². The van der Waals surface area contributed by atoms with Crippen LogP contribution >= 0.6 is 22.6 Å². The lowest BCUT2D eigenvalue weighted by Crippen LogP contribution is -1.90. The average Bonchev–Trinajstić information content (AvgIpc) is 2.91. The van der Waals surface area contributed by atoms with Gasteiger partial charge < -0.3 is 9.63 Å². The van der Waals surface area contributed by atoms with Gasteiger partial charge in [-0.05, 0) is 58.5 Å². The highest BCUT2D eigenvalue weighted by Gasteiger charge is 2.11. The van der Waals surface area contributed by atoms with Crippen LogP contribution in [0.5, 0.6) is 5.75 Å². The number of aromatic hydroxyl groups is 1. The number of aromatic nitrogens is 3. The first-order valence-corrected chi connectivity index (χ1v) is 7.00. The number of halogens is 1. The van der Waals surface area contributed by atoms with Gasteiger partial charge in [-0.3, -0.25) is 4.98 Å². The Hall–Kier alpha value is -1.96. The predicted molar refractivity (Wildman–Crippen MR) is 81.2 cm³/mol. The molecule has 20 heavy (non-hydrogen) atoms. The highest BCUT2D eigenvalue weighted by atomic mass is 127. The maximum atomic E-state index is 9.70. The van der Waals surface area contributed by atoms with Gasteiger partial charge >= 0.3 is 0 Å². The van der Waals surface area contributed by atoms with E-state index in [9.17, 15) is 5.11 Å². The van der Waals surface area contributed by atoms with Crippen molar-refractivity contribution < 1.29 is 9.63 Å². The predicted octanol–water partition coefficient (Wildman–Crippen LogP) is 3.03. The number of rotatable bonds is 3. The lowest BCUT2D eigenvalue weighted by atomic mass is 10.2. The van der Waals surface area contributed by atoms with Crippen molar-refractivity contribution in [1.82, 2.24) is 15.1 Å². The van der Waals surface area contributed by atoms with E-state index in [2.05, 4.69) is 37.7 Å². The summed E-state index contributed by atoms with van der Waals surface area (Å²) in [6, 6.07) is 9.08. The first-order chi connectivity index (χ1) is 9.72. The van der Waals surface area contributed by atoms with Crippen LogP contribution in [0.25, 0.3) is 11.5 Å². The Morgan fingerprint density at radius 1 is 1.15 bits per heavy atom. The van der Waals surface area contributed by atoms with E-state index in [1.807, 2.05) is 18.2 Å². The van der Waals surface area contributed by atoms with Gasteiger partial charge in [0.1, 0.15) is 5.75 Å². The molecular formula is C14H10IN3O2. The van der Waals surface area contributed by atoms with Gasteiger partial charge in [0.15, 0.2) is 5.82 Å². The van der Waals surface area contributed by atoms with Gasteiger partial charge in [-0.25, -0.2) is 0 Å². The van der Waals surface area contributed by atoms with Gasteiger partial charge in [0.2, 0.25) is 0 Å². The number of hydrogen-bond acceptors (Lipinski definition) is 5. The number of phenolic OH excluding ortho intramolecular Hbond substituents is 1. The van der Waals surface area contributed by atoms with Gasteiger partial charge in [0, 0.05) is 24.4 Å². The van der Waals surface area contributed by atoms with Crippen LogP contribution in [0.4, 0.5) is 0 Å². The molecule has 0 aliphatic heterocycles. The van der Waals surface area contributed by atoms with Gasteiger partial charge in [-0.15, -0.1) is 0 Å². The SMILES string of the molecule is Oc1cc(-c2nc(Cc3ccncc3)no2)ccc1I. The molecule has 0 unspecified atom stereocenters. The van der Waals surface area contributed by atoms with Crippen molar-refractivity contribution >= 4 is 22.6 Å². The number of nitrogens with zero attached hydrogens (tertiary/aromatic N) is 3. The van der Waals surface area contributed by atoms with Gasteiger partial charge in [0.05, 0.1) is 3.57 Å². The van der Waals surface area contributed by atoms with Crippen LogP contribution in [-0.2, 0) is 6.42 Å². The molecule has 0 radical (unpaired) electrons. The summed E-state index contributed by atoms with van der Waals surface area (Å²) >= 11 is 2.06. The molecule has 0 aliphatic carbocycles. The monoisotopic (exact) mass is 379 g/mol. The average molecular weight is 379 g/mol. The molecule has 5 nitrogen and oxygen atoms in total. The van der Waals surface area contributed by atoms with Crippen molar-refractivity contribution in [1.29, 1.82) is 0 Å². The summed E-state index contributed by atoms with van der Waals surface area (Å²) in [5, 5.41) is 13.6. The third-order valence-corrected chi connectivity index (χ3v) is 3.68. The molecule has 0 saturated carbocycles. The first kappa shape index (κ1) is 13.0. The van der Waals surface area contributed by atoms with Crippen LogP contribution in [0.2, 0.25) is 0 Å². The van der Waals surface area contributed by atoms with Crippen molar-refractivity contribution in [3.63, 3.8) is 0 Å². The minimum atomic E-state index is 0.206. The Bertz CT molecular complexity index is 728. The molecule has 0 amide bonds. The van der Waals surface area contributed by atoms with E-state index in [-0.39, 0.29) is 5.75 Å². The molecule has 6 heteroatoms. The Morgan fingerprint density at radius 3 is 2.70 bits per heavy atom. The minimum Gasteiger partial charge on any atom is -0.507 e. The van der Waals surface area contributed by atoms with Crippen LogP contribution in [-0.4, -0.2) is 20.2 Å². The molecule has 100 valence electrons. The maximum absolute atomic E-state index is 9.70. The summed E-state index contributed by atoms with van der Waals surface area (Å²) in [7, 11) is 0. The first-order valence-electron chi connectivity index (χ1n) is 5.93. The summed E-state index contributed by atoms with van der Waals surface area (Å²) in [5.41, 5.74) is 1.77. The quantitative estimate of drug-likeness (QED) is 0.709. The molecule has 0 spiro atoms. The number of benzene rings is 1.